The highest BCUT2D eigenvalue weighted by atomic mass is 19.1. The van der Waals surface area contributed by atoms with E-state index in [0.29, 0.717) is 6.54 Å². The molecule has 2 aromatic rings. The zero-order valence-electron chi connectivity index (χ0n) is 13.5. The quantitative estimate of drug-likeness (QED) is 0.625. The zero-order valence-corrected chi connectivity index (χ0v) is 13.5. The molecule has 6 nitrogen and oxygen atoms in total. The highest BCUT2D eigenvalue weighted by Gasteiger charge is 2.24. The van der Waals surface area contributed by atoms with Gasteiger partial charge in [0.15, 0.2) is 6.04 Å². The highest BCUT2D eigenvalue weighted by Crippen LogP contribution is 2.23. The van der Waals surface area contributed by atoms with Crippen LogP contribution in [0.1, 0.15) is 12.5 Å². The SMILES string of the molecule is C[C@@H](C(=O)Nc1ccccc1[N+](=O)[O-])[NH+](C)Cc1ccc(F)cc1. The standard InChI is InChI=1S/C17H18FN3O3/c1-12(20(2)11-13-7-9-14(18)10-8-13)17(22)19-15-5-3-4-6-16(15)21(23)24/h3-10,12H,11H2,1-2H3,(H,19,22)/p+1/t12-/m0/s1. The Kier molecular flexibility index (Phi) is 5.59. The lowest BCUT2D eigenvalue weighted by atomic mass is 10.1. The van der Waals surface area contributed by atoms with Crippen molar-refractivity contribution in [2.24, 2.45) is 0 Å². The summed E-state index contributed by atoms with van der Waals surface area (Å²) in [5, 5.41) is 13.6. The first-order valence-electron chi connectivity index (χ1n) is 7.49. The molecular formula is C17H19FN3O3+. The second-order valence-corrected chi connectivity index (χ2v) is 5.63. The number of nitro benzene ring substituents is 1. The minimum Gasteiger partial charge on any atom is -0.324 e. The van der Waals surface area contributed by atoms with Crippen molar-refractivity contribution in [3.8, 4) is 0 Å². The number of rotatable bonds is 6. The number of halogens is 1. The Morgan fingerprint density at radius 3 is 2.50 bits per heavy atom. The van der Waals surface area contributed by atoms with Crippen LogP contribution in [0.2, 0.25) is 0 Å². The minimum atomic E-state index is -0.532. The van der Waals surface area contributed by atoms with Crippen molar-refractivity contribution in [3.05, 3.63) is 70.0 Å². The summed E-state index contributed by atoms with van der Waals surface area (Å²) < 4.78 is 12.9. The Morgan fingerprint density at radius 1 is 1.25 bits per heavy atom. The number of nitrogens with one attached hydrogen (secondary N) is 2. The van der Waals surface area contributed by atoms with Crippen LogP contribution < -0.4 is 10.2 Å². The van der Waals surface area contributed by atoms with Crippen LogP contribution in [0.4, 0.5) is 15.8 Å². The number of amides is 1. The van der Waals surface area contributed by atoms with Crippen LogP contribution in [0.25, 0.3) is 0 Å². The maximum absolute atomic E-state index is 12.9. The Balaban J connectivity index is 2.04. The second kappa shape index (κ2) is 7.65. The van der Waals surface area contributed by atoms with Crippen LogP contribution in [0, 0.1) is 15.9 Å². The molecule has 0 spiro atoms. The van der Waals surface area contributed by atoms with Gasteiger partial charge in [-0.05, 0) is 25.1 Å². The van der Waals surface area contributed by atoms with Crippen molar-refractivity contribution in [1.82, 2.24) is 0 Å². The number of nitro groups is 1. The monoisotopic (exact) mass is 332 g/mol. The molecule has 0 aliphatic carbocycles. The van der Waals surface area contributed by atoms with Crippen LogP contribution in [0.15, 0.2) is 48.5 Å². The van der Waals surface area contributed by atoms with Crippen molar-refractivity contribution < 1.29 is 19.0 Å². The van der Waals surface area contributed by atoms with Crippen LogP contribution >= 0.6 is 0 Å². The summed E-state index contributed by atoms with van der Waals surface area (Å²) in [6.45, 7) is 2.27. The van der Waals surface area contributed by atoms with Gasteiger partial charge in [-0.1, -0.05) is 24.3 Å². The lowest BCUT2D eigenvalue weighted by Gasteiger charge is -2.21. The van der Waals surface area contributed by atoms with E-state index in [1.54, 1.807) is 31.2 Å². The second-order valence-electron chi connectivity index (χ2n) is 5.63. The van der Waals surface area contributed by atoms with Gasteiger partial charge in [-0.2, -0.15) is 0 Å². The van der Waals surface area contributed by atoms with Gasteiger partial charge >= 0.3 is 0 Å². The van der Waals surface area contributed by atoms with Crippen molar-refractivity contribution in [1.29, 1.82) is 0 Å². The fraction of sp³-hybridized carbons (Fsp3) is 0.235. The molecule has 0 aliphatic heterocycles. The highest BCUT2D eigenvalue weighted by molar-refractivity contribution is 5.95. The van der Waals surface area contributed by atoms with E-state index in [9.17, 15) is 19.3 Å². The number of benzene rings is 2. The van der Waals surface area contributed by atoms with Gasteiger partial charge < -0.3 is 10.2 Å². The summed E-state index contributed by atoms with van der Waals surface area (Å²) in [5.74, 6) is -0.623. The number of anilines is 1. The van der Waals surface area contributed by atoms with Crippen molar-refractivity contribution in [2.45, 2.75) is 19.5 Å². The number of para-hydroxylation sites is 2. The first-order chi connectivity index (χ1) is 11.4. The van der Waals surface area contributed by atoms with Gasteiger partial charge in [-0.25, -0.2) is 4.39 Å². The molecule has 2 aromatic carbocycles. The van der Waals surface area contributed by atoms with E-state index in [2.05, 4.69) is 5.32 Å². The van der Waals surface area contributed by atoms with Crippen molar-refractivity contribution in [3.63, 3.8) is 0 Å². The summed E-state index contributed by atoms with van der Waals surface area (Å²) in [7, 11) is 1.84. The molecule has 7 heteroatoms. The molecule has 1 amide bonds. The smallest absolute Gasteiger partial charge is 0.292 e. The molecular weight excluding hydrogens is 313 g/mol. The van der Waals surface area contributed by atoms with E-state index >= 15 is 0 Å². The number of carbonyl (C=O) groups excluding carboxylic acids is 1. The fourth-order valence-corrected chi connectivity index (χ4v) is 2.28. The number of nitrogens with zero attached hydrogens (tertiary/aromatic N) is 1. The molecule has 2 rings (SSSR count). The van der Waals surface area contributed by atoms with Crippen LogP contribution in [-0.4, -0.2) is 23.9 Å². The minimum absolute atomic E-state index is 0.144. The maximum Gasteiger partial charge on any atom is 0.292 e. The Labute approximate surface area is 139 Å². The topological polar surface area (TPSA) is 76.7 Å². The molecule has 0 aromatic heterocycles. The predicted octanol–water partition coefficient (Wildman–Crippen LogP) is 1.78. The van der Waals surface area contributed by atoms with Crippen LogP contribution in [0.3, 0.4) is 0 Å². The van der Waals surface area contributed by atoms with E-state index in [-0.39, 0.29) is 23.1 Å². The molecule has 0 saturated carbocycles. The molecule has 24 heavy (non-hydrogen) atoms. The third kappa shape index (κ3) is 4.36. The van der Waals surface area contributed by atoms with Gasteiger partial charge in [0, 0.05) is 11.6 Å². The van der Waals surface area contributed by atoms with Crippen molar-refractivity contribution >= 4 is 17.3 Å². The Morgan fingerprint density at radius 2 is 1.88 bits per heavy atom. The summed E-state index contributed by atoms with van der Waals surface area (Å²) in [6, 6.07) is 11.7. The molecule has 2 atom stereocenters. The van der Waals surface area contributed by atoms with E-state index in [1.165, 1.54) is 24.3 Å². The number of hydrogen-bond acceptors (Lipinski definition) is 3. The Bertz CT molecular complexity index is 734. The van der Waals surface area contributed by atoms with Gasteiger partial charge in [0.25, 0.3) is 11.6 Å². The van der Waals surface area contributed by atoms with E-state index in [1.807, 2.05) is 7.05 Å². The number of hydrogen-bond donors (Lipinski definition) is 2. The molecule has 0 radical (unpaired) electrons. The largest absolute Gasteiger partial charge is 0.324 e. The summed E-state index contributed by atoms with van der Waals surface area (Å²) in [6.07, 6.45) is 0. The molecule has 0 saturated heterocycles. The lowest BCUT2D eigenvalue weighted by molar-refractivity contribution is -0.907. The Hall–Kier alpha value is -2.80. The van der Waals surface area contributed by atoms with E-state index < -0.39 is 11.0 Å². The summed E-state index contributed by atoms with van der Waals surface area (Å²) in [5.41, 5.74) is 0.933. The average molecular weight is 332 g/mol. The molecule has 2 N–H and O–H groups in total. The zero-order chi connectivity index (χ0) is 17.7. The summed E-state index contributed by atoms with van der Waals surface area (Å²) >= 11 is 0. The van der Waals surface area contributed by atoms with Crippen molar-refractivity contribution in [2.75, 3.05) is 12.4 Å². The molecule has 0 heterocycles. The number of likely N-dealkylation sites (N-methyl/N-ethyl adjacent to an activating group) is 1. The number of quaternary nitrogens is 1. The lowest BCUT2D eigenvalue weighted by Crippen LogP contribution is -3.12. The third-order valence-electron chi connectivity index (χ3n) is 3.89. The fourth-order valence-electron chi connectivity index (χ4n) is 2.28. The number of carbonyl (C=O) groups is 1. The van der Waals surface area contributed by atoms with Gasteiger partial charge in [-0.15, -0.1) is 0 Å². The maximum atomic E-state index is 12.9. The first-order valence-corrected chi connectivity index (χ1v) is 7.49. The first kappa shape index (κ1) is 17.6. The van der Waals surface area contributed by atoms with Crippen LogP contribution in [0.5, 0.6) is 0 Å². The van der Waals surface area contributed by atoms with Gasteiger partial charge in [0.2, 0.25) is 0 Å². The van der Waals surface area contributed by atoms with Gasteiger partial charge in [-0.3, -0.25) is 14.9 Å². The van der Waals surface area contributed by atoms with Gasteiger partial charge in [0.05, 0.1) is 12.0 Å². The van der Waals surface area contributed by atoms with E-state index in [0.717, 1.165) is 10.5 Å². The molecule has 1 unspecified atom stereocenters. The summed E-state index contributed by atoms with van der Waals surface area (Å²) in [4.78, 5) is 23.7. The normalized spacial score (nSPS) is 13.1. The molecule has 0 bridgehead atoms. The average Bonchev–Trinajstić information content (AvgIpc) is 2.56. The van der Waals surface area contributed by atoms with Gasteiger partial charge in [0.1, 0.15) is 18.0 Å². The molecule has 0 aliphatic rings. The van der Waals surface area contributed by atoms with E-state index in [4.69, 9.17) is 0 Å². The predicted molar refractivity (Wildman–Crippen MR) is 88.2 cm³/mol. The molecule has 126 valence electrons. The third-order valence-corrected chi connectivity index (χ3v) is 3.89. The van der Waals surface area contributed by atoms with Crippen LogP contribution in [-0.2, 0) is 11.3 Å². The molecule has 0 fully saturated rings.